The van der Waals surface area contributed by atoms with Crippen LogP contribution in [0.1, 0.15) is 39.2 Å². The van der Waals surface area contributed by atoms with Crippen LogP contribution in [0, 0.1) is 0 Å². The van der Waals surface area contributed by atoms with Crippen molar-refractivity contribution >= 4 is 21.8 Å². The highest BCUT2D eigenvalue weighted by Crippen LogP contribution is 2.24. The van der Waals surface area contributed by atoms with E-state index in [-0.39, 0.29) is 17.4 Å². The topological polar surface area (TPSA) is 47.6 Å². The van der Waals surface area contributed by atoms with Crippen LogP contribution in [0.15, 0.2) is 28.7 Å². The van der Waals surface area contributed by atoms with Crippen LogP contribution in [0.25, 0.3) is 0 Å². The molecule has 1 aromatic rings. The van der Waals surface area contributed by atoms with Gasteiger partial charge in [0.15, 0.2) is 0 Å². The molecule has 1 aliphatic heterocycles. The molecule has 0 saturated carbocycles. The molecule has 1 amide bonds. The van der Waals surface area contributed by atoms with Crippen molar-refractivity contribution in [3.05, 3.63) is 34.3 Å². The van der Waals surface area contributed by atoms with Gasteiger partial charge < -0.3 is 14.8 Å². The number of carbonyl (C=O) groups excluding carboxylic acids is 1. The van der Waals surface area contributed by atoms with Gasteiger partial charge in [-0.05, 0) is 37.5 Å². The zero-order valence-corrected chi connectivity index (χ0v) is 15.7. The molecule has 0 bridgehead atoms. The normalized spacial score (nSPS) is 19.6. The van der Waals surface area contributed by atoms with Gasteiger partial charge in [0.2, 0.25) is 5.91 Å². The summed E-state index contributed by atoms with van der Waals surface area (Å²) in [6.45, 7) is 7.89. The Kier molecular flexibility index (Phi) is 6.62. The Morgan fingerprint density at radius 2 is 2.13 bits per heavy atom. The van der Waals surface area contributed by atoms with Crippen molar-refractivity contribution in [3.8, 4) is 0 Å². The van der Waals surface area contributed by atoms with Gasteiger partial charge in [-0.3, -0.25) is 4.79 Å². The minimum absolute atomic E-state index is 0.0758. The Labute approximate surface area is 147 Å². The van der Waals surface area contributed by atoms with Gasteiger partial charge in [0.1, 0.15) is 6.10 Å². The van der Waals surface area contributed by atoms with Crippen LogP contribution in [-0.4, -0.2) is 37.9 Å². The number of hydrogen-bond donors (Lipinski definition) is 1. The second-order valence-corrected chi connectivity index (χ2v) is 7.63. The van der Waals surface area contributed by atoms with Crippen molar-refractivity contribution < 1.29 is 14.3 Å². The first-order valence-corrected chi connectivity index (χ1v) is 8.95. The van der Waals surface area contributed by atoms with E-state index in [2.05, 4.69) is 47.2 Å². The van der Waals surface area contributed by atoms with E-state index in [9.17, 15) is 4.79 Å². The summed E-state index contributed by atoms with van der Waals surface area (Å²) < 4.78 is 12.2. The van der Waals surface area contributed by atoms with Gasteiger partial charge in [0.25, 0.3) is 0 Å². The molecule has 1 fully saturated rings. The average molecular weight is 384 g/mol. The summed E-state index contributed by atoms with van der Waals surface area (Å²) in [5.74, 6) is -0.0758. The molecule has 0 radical (unpaired) electrons. The van der Waals surface area contributed by atoms with Crippen LogP contribution in [-0.2, 0) is 19.7 Å². The lowest BCUT2D eigenvalue weighted by molar-refractivity contribution is -0.133. The maximum Gasteiger partial charge on any atom is 0.248 e. The molecule has 2 rings (SSSR count). The molecule has 4 nitrogen and oxygen atoms in total. The summed E-state index contributed by atoms with van der Waals surface area (Å²) in [6, 6.07) is 8.19. The predicted octanol–water partition coefficient (Wildman–Crippen LogP) is 3.43. The first kappa shape index (κ1) is 18.4. The van der Waals surface area contributed by atoms with Crippen LogP contribution < -0.4 is 5.32 Å². The lowest BCUT2D eigenvalue weighted by Crippen LogP contribution is -2.42. The SMILES string of the molecule is CC(OCC1CCCO1)C(=O)NCC(C)(C)c1ccc(Br)cc1. The summed E-state index contributed by atoms with van der Waals surface area (Å²) in [6.07, 6.45) is 1.78. The largest absolute Gasteiger partial charge is 0.376 e. The number of halogens is 1. The van der Waals surface area contributed by atoms with Crippen LogP contribution >= 0.6 is 15.9 Å². The maximum atomic E-state index is 12.2. The smallest absolute Gasteiger partial charge is 0.248 e. The van der Waals surface area contributed by atoms with Crippen LogP contribution in [0.4, 0.5) is 0 Å². The summed E-state index contributed by atoms with van der Waals surface area (Å²) in [4.78, 5) is 12.2. The second-order valence-electron chi connectivity index (χ2n) is 6.72. The van der Waals surface area contributed by atoms with E-state index >= 15 is 0 Å². The van der Waals surface area contributed by atoms with Gasteiger partial charge in [0, 0.05) is 23.0 Å². The van der Waals surface area contributed by atoms with Gasteiger partial charge in [0.05, 0.1) is 12.7 Å². The zero-order valence-electron chi connectivity index (χ0n) is 14.1. The number of carbonyl (C=O) groups is 1. The minimum atomic E-state index is -0.458. The molecule has 2 unspecified atom stereocenters. The Hall–Kier alpha value is -0.910. The predicted molar refractivity (Wildman–Crippen MR) is 94.6 cm³/mol. The van der Waals surface area contributed by atoms with Gasteiger partial charge in [-0.15, -0.1) is 0 Å². The van der Waals surface area contributed by atoms with Crippen molar-refractivity contribution in [2.75, 3.05) is 19.8 Å². The van der Waals surface area contributed by atoms with E-state index in [4.69, 9.17) is 9.47 Å². The number of rotatable bonds is 7. The fourth-order valence-electron chi connectivity index (χ4n) is 2.56. The van der Waals surface area contributed by atoms with Gasteiger partial charge in [-0.1, -0.05) is 41.9 Å². The van der Waals surface area contributed by atoms with E-state index < -0.39 is 6.10 Å². The fraction of sp³-hybridized carbons (Fsp3) is 0.611. The molecule has 1 heterocycles. The Morgan fingerprint density at radius 1 is 1.43 bits per heavy atom. The fourth-order valence-corrected chi connectivity index (χ4v) is 2.82. The maximum absolute atomic E-state index is 12.2. The number of hydrogen-bond acceptors (Lipinski definition) is 3. The lowest BCUT2D eigenvalue weighted by atomic mass is 9.84. The second kappa shape index (κ2) is 8.27. The number of nitrogens with one attached hydrogen (secondary N) is 1. The molecule has 1 aromatic carbocycles. The first-order valence-electron chi connectivity index (χ1n) is 8.15. The van der Waals surface area contributed by atoms with E-state index in [0.717, 1.165) is 23.9 Å². The van der Waals surface area contributed by atoms with Crippen molar-refractivity contribution in [2.24, 2.45) is 0 Å². The number of benzene rings is 1. The minimum Gasteiger partial charge on any atom is -0.376 e. The van der Waals surface area contributed by atoms with E-state index in [1.54, 1.807) is 6.92 Å². The van der Waals surface area contributed by atoms with E-state index in [1.165, 1.54) is 5.56 Å². The first-order chi connectivity index (χ1) is 10.9. The number of amides is 1. The summed E-state index contributed by atoms with van der Waals surface area (Å²) in [7, 11) is 0. The molecule has 5 heteroatoms. The van der Waals surface area contributed by atoms with Crippen molar-refractivity contribution in [1.82, 2.24) is 5.32 Å². The van der Waals surface area contributed by atoms with E-state index in [1.807, 2.05) is 12.1 Å². The molecule has 1 N–H and O–H groups in total. The third-order valence-electron chi connectivity index (χ3n) is 4.26. The molecule has 0 aromatic heterocycles. The van der Waals surface area contributed by atoms with Crippen molar-refractivity contribution in [3.63, 3.8) is 0 Å². The van der Waals surface area contributed by atoms with Gasteiger partial charge in [-0.25, -0.2) is 0 Å². The highest BCUT2D eigenvalue weighted by Gasteiger charge is 2.24. The highest BCUT2D eigenvalue weighted by atomic mass is 79.9. The Morgan fingerprint density at radius 3 is 2.74 bits per heavy atom. The molecule has 2 atom stereocenters. The number of ether oxygens (including phenoxy) is 2. The third-order valence-corrected chi connectivity index (χ3v) is 4.78. The zero-order chi connectivity index (χ0) is 16.9. The molecule has 1 saturated heterocycles. The quantitative estimate of drug-likeness (QED) is 0.784. The summed E-state index contributed by atoms with van der Waals surface area (Å²) >= 11 is 3.44. The van der Waals surface area contributed by atoms with Crippen LogP contribution in [0.5, 0.6) is 0 Å². The van der Waals surface area contributed by atoms with Crippen LogP contribution in [0.2, 0.25) is 0 Å². The summed E-state index contributed by atoms with van der Waals surface area (Å²) in [5, 5.41) is 2.99. The van der Waals surface area contributed by atoms with E-state index in [0.29, 0.717) is 13.2 Å². The monoisotopic (exact) mass is 383 g/mol. The van der Waals surface area contributed by atoms with Crippen LogP contribution in [0.3, 0.4) is 0 Å². The molecular formula is C18H26BrNO3. The third kappa shape index (κ3) is 5.59. The average Bonchev–Trinajstić information content (AvgIpc) is 3.04. The molecule has 0 aliphatic carbocycles. The molecule has 128 valence electrons. The Balaban J connectivity index is 1.78. The van der Waals surface area contributed by atoms with Crippen molar-refractivity contribution in [1.29, 1.82) is 0 Å². The molecular weight excluding hydrogens is 358 g/mol. The lowest BCUT2D eigenvalue weighted by Gasteiger charge is -2.26. The molecule has 23 heavy (non-hydrogen) atoms. The molecule has 0 spiro atoms. The standard InChI is InChI=1S/C18H26BrNO3/c1-13(23-11-16-5-4-10-22-16)17(21)20-12-18(2,3)14-6-8-15(19)9-7-14/h6-9,13,16H,4-5,10-12H2,1-3H3,(H,20,21). The molecule has 1 aliphatic rings. The summed E-state index contributed by atoms with van der Waals surface area (Å²) in [5.41, 5.74) is 1.05. The van der Waals surface area contributed by atoms with Crippen molar-refractivity contribution in [2.45, 2.75) is 51.2 Å². The van der Waals surface area contributed by atoms with Gasteiger partial charge in [-0.2, -0.15) is 0 Å². The van der Waals surface area contributed by atoms with Gasteiger partial charge >= 0.3 is 0 Å². The Bertz CT molecular complexity index is 510. The highest BCUT2D eigenvalue weighted by molar-refractivity contribution is 9.10.